The van der Waals surface area contributed by atoms with Crippen molar-refractivity contribution in [2.45, 2.75) is 25.2 Å². The summed E-state index contributed by atoms with van der Waals surface area (Å²) < 4.78 is 7.79. The highest BCUT2D eigenvalue weighted by Gasteiger charge is 2.57. The highest BCUT2D eigenvalue weighted by Crippen LogP contribution is 2.52. The van der Waals surface area contributed by atoms with E-state index in [1.54, 1.807) is 11.3 Å². The summed E-state index contributed by atoms with van der Waals surface area (Å²) in [5.41, 5.74) is 11.5. The van der Waals surface area contributed by atoms with Gasteiger partial charge in [-0.05, 0) is 48.2 Å². The van der Waals surface area contributed by atoms with Crippen LogP contribution in [0.2, 0.25) is 0 Å². The molecule has 3 aliphatic rings. The van der Waals surface area contributed by atoms with Crippen LogP contribution in [0.15, 0.2) is 137 Å². The Balaban J connectivity index is 1.15. The highest BCUT2D eigenvalue weighted by atomic mass is 32.1. The third kappa shape index (κ3) is 3.15. The standard InChI is InChI=1S/C43H27N5S2/c1-3-9-24(10-4-1)41-44-42(48-43(47(41)48)25-11-5-2-6-12-25)26-15-16-28-30-18-20-36-38-37-35(50-36)19-17-29-27-13-7-8-14-31(27)45(39(29)37)33-22-49-23-34(33)46(40(30)38)32(28)21-26/h1-3,5-9,11-23,41,43H,4,10H2. The zero-order valence-electron chi connectivity index (χ0n) is 26.7. The maximum atomic E-state index is 5.46. The van der Waals surface area contributed by atoms with E-state index in [2.05, 4.69) is 145 Å². The van der Waals surface area contributed by atoms with Crippen molar-refractivity contribution in [2.75, 3.05) is 0 Å². The molecular formula is C43H27N5S2. The van der Waals surface area contributed by atoms with Gasteiger partial charge in [0.15, 0.2) is 0 Å². The first-order valence-electron chi connectivity index (χ1n) is 17.3. The number of amidine groups is 1. The summed E-state index contributed by atoms with van der Waals surface area (Å²) in [6.07, 6.45) is 9.08. The topological polar surface area (TPSA) is 27.2 Å². The molecule has 13 rings (SSSR count). The summed E-state index contributed by atoms with van der Waals surface area (Å²) in [4.78, 5) is 5.46. The Labute approximate surface area is 293 Å². The molecule has 7 heterocycles. The Morgan fingerprint density at radius 3 is 2.12 bits per heavy atom. The molecule has 0 radical (unpaired) electrons. The number of nitrogens with zero attached hydrogens (tertiary/aromatic N) is 5. The highest BCUT2D eigenvalue weighted by molar-refractivity contribution is 7.26. The molecule has 5 nitrogen and oxygen atoms in total. The van der Waals surface area contributed by atoms with Gasteiger partial charge in [-0.25, -0.2) is 4.99 Å². The third-order valence-electron chi connectivity index (χ3n) is 11.4. The van der Waals surface area contributed by atoms with Crippen molar-refractivity contribution < 1.29 is 0 Å². The second-order valence-corrected chi connectivity index (χ2v) is 15.7. The van der Waals surface area contributed by atoms with E-state index in [1.165, 1.54) is 86.0 Å². The molecule has 5 aromatic carbocycles. The zero-order valence-corrected chi connectivity index (χ0v) is 28.4. The molecule has 3 unspecified atom stereocenters. The van der Waals surface area contributed by atoms with Gasteiger partial charge in [0.25, 0.3) is 0 Å². The van der Waals surface area contributed by atoms with Crippen molar-refractivity contribution in [3.63, 3.8) is 0 Å². The summed E-state index contributed by atoms with van der Waals surface area (Å²) in [6, 6.07) is 36.3. The third-order valence-corrected chi connectivity index (χ3v) is 13.2. The molecule has 1 fully saturated rings. The predicted molar refractivity (Wildman–Crippen MR) is 210 cm³/mol. The maximum Gasteiger partial charge on any atom is 0.149 e. The second kappa shape index (κ2) is 9.20. The van der Waals surface area contributed by atoms with Gasteiger partial charge in [0.1, 0.15) is 18.2 Å². The molecular weight excluding hydrogens is 651 g/mol. The number of aliphatic imine (C=N–C) groups is 1. The largest absolute Gasteiger partial charge is 0.306 e. The first-order valence-corrected chi connectivity index (χ1v) is 19.1. The number of rotatable bonds is 3. The first kappa shape index (κ1) is 26.4. The number of aromatic nitrogens is 2. The second-order valence-electron chi connectivity index (χ2n) is 13.9. The summed E-state index contributed by atoms with van der Waals surface area (Å²) in [6.45, 7) is 0. The molecule has 5 aromatic heterocycles. The summed E-state index contributed by atoms with van der Waals surface area (Å²) >= 11 is 3.70. The fourth-order valence-corrected chi connectivity index (χ4v) is 11.2. The van der Waals surface area contributed by atoms with Crippen LogP contribution in [-0.2, 0) is 0 Å². The van der Waals surface area contributed by atoms with Crippen molar-refractivity contribution in [1.29, 1.82) is 0 Å². The lowest BCUT2D eigenvalue weighted by Gasteiger charge is -2.16. The number of hydrogen-bond acceptors (Lipinski definition) is 5. The van der Waals surface area contributed by atoms with Crippen LogP contribution in [-0.4, -0.2) is 30.8 Å². The van der Waals surface area contributed by atoms with Crippen molar-refractivity contribution >= 4 is 103 Å². The van der Waals surface area contributed by atoms with Gasteiger partial charge in [0.2, 0.25) is 0 Å². The molecule has 3 atom stereocenters. The minimum absolute atomic E-state index is 0.0235. The SMILES string of the molecule is C1=CCCC(C2N=C(c3ccc4c5ccc6sc7ccc8c9ccccc9n9c%10cscc%10n(c4c3)c5c6c7c89)N3C(c4ccccc4)N23)=C1. The number of para-hydroxylation sites is 1. The Bertz CT molecular complexity index is 3190. The van der Waals surface area contributed by atoms with Gasteiger partial charge in [-0.15, -0.1) is 22.7 Å². The van der Waals surface area contributed by atoms with Gasteiger partial charge in [0.05, 0.1) is 33.1 Å². The van der Waals surface area contributed by atoms with Crippen LogP contribution < -0.4 is 0 Å². The monoisotopic (exact) mass is 677 g/mol. The number of benzene rings is 5. The summed E-state index contributed by atoms with van der Waals surface area (Å²) in [5, 5.41) is 17.5. The molecule has 0 amide bonds. The Hall–Kier alpha value is -5.47. The molecule has 7 heteroatoms. The van der Waals surface area contributed by atoms with E-state index >= 15 is 0 Å². The number of allylic oxidation sites excluding steroid dienone is 3. The summed E-state index contributed by atoms with van der Waals surface area (Å²) in [5.74, 6) is 1.06. The molecule has 50 heavy (non-hydrogen) atoms. The van der Waals surface area contributed by atoms with Crippen LogP contribution in [0.4, 0.5) is 0 Å². The Kier molecular flexibility index (Phi) is 4.86. The minimum atomic E-state index is 0.0235. The van der Waals surface area contributed by atoms with Gasteiger partial charge in [0, 0.05) is 58.0 Å². The van der Waals surface area contributed by atoms with Gasteiger partial charge in [-0.1, -0.05) is 91.0 Å². The first-order chi connectivity index (χ1) is 24.8. The Morgan fingerprint density at radius 1 is 0.660 bits per heavy atom. The lowest BCUT2D eigenvalue weighted by atomic mass is 10.0. The van der Waals surface area contributed by atoms with Crippen LogP contribution in [0.5, 0.6) is 0 Å². The average molecular weight is 678 g/mol. The van der Waals surface area contributed by atoms with E-state index < -0.39 is 0 Å². The van der Waals surface area contributed by atoms with E-state index in [4.69, 9.17) is 4.99 Å². The fourth-order valence-electron chi connectivity index (χ4n) is 9.27. The predicted octanol–water partition coefficient (Wildman–Crippen LogP) is 11.3. The summed E-state index contributed by atoms with van der Waals surface area (Å²) in [7, 11) is 0. The van der Waals surface area contributed by atoms with Gasteiger partial charge < -0.3 is 8.80 Å². The molecule has 2 aliphatic heterocycles. The molecule has 236 valence electrons. The van der Waals surface area contributed by atoms with Gasteiger partial charge in [-0.3, -0.25) is 5.01 Å². The molecule has 0 N–H and O–H groups in total. The van der Waals surface area contributed by atoms with Crippen LogP contribution >= 0.6 is 22.7 Å². The van der Waals surface area contributed by atoms with Crippen molar-refractivity contribution in [1.82, 2.24) is 18.8 Å². The van der Waals surface area contributed by atoms with Crippen molar-refractivity contribution in [3.05, 3.63) is 143 Å². The van der Waals surface area contributed by atoms with Crippen LogP contribution in [0.25, 0.3) is 74.8 Å². The lowest BCUT2D eigenvalue weighted by molar-refractivity contribution is 0.363. The van der Waals surface area contributed by atoms with Crippen LogP contribution in [0, 0.1) is 0 Å². The normalized spacial score (nSPS) is 20.6. The molecule has 0 saturated carbocycles. The number of hydrazine groups is 1. The zero-order chi connectivity index (χ0) is 32.2. The quantitative estimate of drug-likeness (QED) is 0.174. The Morgan fingerprint density at radius 2 is 1.36 bits per heavy atom. The smallest absolute Gasteiger partial charge is 0.149 e. The average Bonchev–Trinajstić information content (AvgIpc) is 3.68. The molecule has 0 spiro atoms. The number of fused-ring (bicyclic) bond motifs is 10. The molecule has 10 aromatic rings. The van der Waals surface area contributed by atoms with Crippen molar-refractivity contribution in [3.8, 4) is 0 Å². The van der Waals surface area contributed by atoms with E-state index in [1.807, 2.05) is 11.3 Å². The van der Waals surface area contributed by atoms with Gasteiger partial charge in [-0.2, -0.15) is 5.01 Å². The minimum Gasteiger partial charge on any atom is -0.306 e. The fraction of sp³-hybridized carbons (Fsp3) is 0.0930. The van der Waals surface area contributed by atoms with E-state index in [0.29, 0.717) is 0 Å². The molecule has 1 aliphatic carbocycles. The van der Waals surface area contributed by atoms with E-state index in [9.17, 15) is 0 Å². The van der Waals surface area contributed by atoms with Crippen LogP contribution in [0.3, 0.4) is 0 Å². The van der Waals surface area contributed by atoms with E-state index in [-0.39, 0.29) is 12.3 Å². The van der Waals surface area contributed by atoms with Gasteiger partial charge >= 0.3 is 0 Å². The van der Waals surface area contributed by atoms with Crippen LogP contribution in [0.1, 0.15) is 30.1 Å². The van der Waals surface area contributed by atoms with E-state index in [0.717, 1.165) is 24.2 Å². The number of hydrogen-bond donors (Lipinski definition) is 0. The van der Waals surface area contributed by atoms with Crippen molar-refractivity contribution in [2.24, 2.45) is 4.99 Å². The maximum absolute atomic E-state index is 5.46. The molecule has 0 bridgehead atoms. The molecule has 1 saturated heterocycles. The lowest BCUT2D eigenvalue weighted by Crippen LogP contribution is -2.18. The number of thiophene rings is 2.